The lowest BCUT2D eigenvalue weighted by Crippen LogP contribution is -2.30. The lowest BCUT2D eigenvalue weighted by Gasteiger charge is -2.17. The Morgan fingerprint density at radius 2 is 1.88 bits per heavy atom. The van der Waals surface area contributed by atoms with Gasteiger partial charge >= 0.3 is 5.63 Å². The van der Waals surface area contributed by atoms with Crippen molar-refractivity contribution in [3.8, 4) is 11.5 Å². The summed E-state index contributed by atoms with van der Waals surface area (Å²) in [6.07, 6.45) is 0. The van der Waals surface area contributed by atoms with Gasteiger partial charge in [0.2, 0.25) is 6.79 Å². The molecule has 126 valence electrons. The molecule has 6 nitrogen and oxygen atoms in total. The number of nitrogens with zero attached hydrogens (tertiary/aromatic N) is 1. The van der Waals surface area contributed by atoms with Gasteiger partial charge < -0.3 is 18.8 Å². The van der Waals surface area contributed by atoms with E-state index in [0.717, 1.165) is 5.56 Å². The van der Waals surface area contributed by atoms with Crippen molar-refractivity contribution in [2.75, 3.05) is 13.8 Å². The summed E-state index contributed by atoms with van der Waals surface area (Å²) in [6.45, 7) is 0.535. The van der Waals surface area contributed by atoms with Crippen molar-refractivity contribution in [2.24, 2.45) is 0 Å². The first kappa shape index (κ1) is 15.3. The molecule has 0 unspecified atom stereocenters. The maximum atomic E-state index is 12.7. The van der Waals surface area contributed by atoms with Gasteiger partial charge in [-0.25, -0.2) is 4.79 Å². The molecule has 0 saturated heterocycles. The van der Waals surface area contributed by atoms with Gasteiger partial charge in [-0.15, -0.1) is 0 Å². The fraction of sp³-hybridized carbons (Fsp3) is 0.158. The van der Waals surface area contributed by atoms with Crippen LogP contribution in [0.1, 0.15) is 15.9 Å². The summed E-state index contributed by atoms with van der Waals surface area (Å²) in [5.74, 6) is 0.952. The standard InChI is InChI=1S/C19H15NO5/c1-20(10-12-6-7-16-17(8-12)24-11-23-16)18(21)14-9-13-4-2-3-5-15(13)25-19(14)22/h2-9H,10-11H2,1H3. The Kier molecular flexibility index (Phi) is 3.65. The van der Waals surface area contributed by atoms with Crippen LogP contribution in [0.3, 0.4) is 0 Å². The quantitative estimate of drug-likeness (QED) is 0.688. The van der Waals surface area contributed by atoms with Gasteiger partial charge in [0, 0.05) is 19.0 Å². The molecule has 2 aromatic carbocycles. The summed E-state index contributed by atoms with van der Waals surface area (Å²) < 4.78 is 15.9. The summed E-state index contributed by atoms with van der Waals surface area (Å²) in [4.78, 5) is 26.3. The number of rotatable bonds is 3. The van der Waals surface area contributed by atoms with Crippen molar-refractivity contribution in [2.45, 2.75) is 6.54 Å². The molecule has 0 bridgehead atoms. The van der Waals surface area contributed by atoms with Gasteiger partial charge in [0.1, 0.15) is 11.1 Å². The number of para-hydroxylation sites is 1. The smallest absolute Gasteiger partial charge is 0.349 e. The second-order valence-corrected chi connectivity index (χ2v) is 5.83. The molecule has 1 amide bonds. The van der Waals surface area contributed by atoms with E-state index in [2.05, 4.69) is 0 Å². The van der Waals surface area contributed by atoms with Crippen molar-refractivity contribution in [1.82, 2.24) is 4.90 Å². The molecule has 0 saturated carbocycles. The number of fused-ring (bicyclic) bond motifs is 2. The van der Waals surface area contributed by atoms with Gasteiger partial charge in [0.05, 0.1) is 0 Å². The topological polar surface area (TPSA) is 69.0 Å². The van der Waals surface area contributed by atoms with Crippen molar-refractivity contribution in [3.05, 3.63) is 70.1 Å². The van der Waals surface area contributed by atoms with Crippen LogP contribution >= 0.6 is 0 Å². The third-order valence-corrected chi connectivity index (χ3v) is 4.08. The maximum absolute atomic E-state index is 12.7. The van der Waals surface area contributed by atoms with E-state index < -0.39 is 11.5 Å². The molecule has 2 heterocycles. The molecule has 0 N–H and O–H groups in total. The Balaban J connectivity index is 1.60. The second kappa shape index (κ2) is 5.98. The van der Waals surface area contributed by atoms with Crippen LogP contribution in [0.15, 0.2) is 57.7 Å². The molecule has 6 heteroatoms. The molecule has 0 atom stereocenters. The predicted octanol–water partition coefficient (Wildman–Crippen LogP) is 2.79. The van der Waals surface area contributed by atoms with Crippen molar-refractivity contribution < 1.29 is 18.7 Å². The normalized spacial score (nSPS) is 12.4. The van der Waals surface area contributed by atoms with Gasteiger partial charge in [-0.2, -0.15) is 0 Å². The Bertz CT molecular complexity index is 1020. The largest absolute Gasteiger partial charge is 0.454 e. The number of ether oxygens (including phenoxy) is 2. The highest BCUT2D eigenvalue weighted by atomic mass is 16.7. The first-order chi connectivity index (χ1) is 12.1. The number of carbonyl (C=O) groups is 1. The minimum atomic E-state index is -0.638. The van der Waals surface area contributed by atoms with Crippen LogP contribution in [0.4, 0.5) is 0 Å². The minimum absolute atomic E-state index is 0.0157. The Hall–Kier alpha value is -3.28. The third kappa shape index (κ3) is 2.82. The van der Waals surface area contributed by atoms with Crippen LogP contribution in [0.25, 0.3) is 11.0 Å². The lowest BCUT2D eigenvalue weighted by molar-refractivity contribution is 0.0781. The van der Waals surface area contributed by atoms with E-state index >= 15 is 0 Å². The van der Waals surface area contributed by atoms with Crippen LogP contribution in [0.2, 0.25) is 0 Å². The zero-order chi connectivity index (χ0) is 17.4. The zero-order valence-corrected chi connectivity index (χ0v) is 13.5. The zero-order valence-electron chi connectivity index (χ0n) is 13.5. The molecular weight excluding hydrogens is 322 g/mol. The van der Waals surface area contributed by atoms with Crippen LogP contribution in [-0.2, 0) is 6.54 Å². The number of carbonyl (C=O) groups excluding carboxylic acids is 1. The van der Waals surface area contributed by atoms with Gasteiger partial charge in [0.25, 0.3) is 5.91 Å². The lowest BCUT2D eigenvalue weighted by atomic mass is 10.1. The fourth-order valence-corrected chi connectivity index (χ4v) is 2.80. The van der Waals surface area contributed by atoms with Crippen LogP contribution in [0, 0.1) is 0 Å². The fourth-order valence-electron chi connectivity index (χ4n) is 2.80. The van der Waals surface area contributed by atoms with E-state index in [0.29, 0.717) is 29.0 Å². The number of benzene rings is 2. The highest BCUT2D eigenvalue weighted by molar-refractivity contribution is 5.96. The molecule has 1 aliphatic rings. The first-order valence-electron chi connectivity index (χ1n) is 7.79. The van der Waals surface area contributed by atoms with Crippen LogP contribution in [0.5, 0.6) is 11.5 Å². The van der Waals surface area contributed by atoms with Crippen molar-refractivity contribution >= 4 is 16.9 Å². The Morgan fingerprint density at radius 3 is 2.76 bits per heavy atom. The summed E-state index contributed by atoms with van der Waals surface area (Å²) in [6, 6.07) is 14.2. The number of hydrogen-bond acceptors (Lipinski definition) is 5. The Labute approximate surface area is 143 Å². The molecule has 3 aromatic rings. The molecule has 1 aliphatic heterocycles. The highest BCUT2D eigenvalue weighted by Crippen LogP contribution is 2.32. The average Bonchev–Trinajstić information content (AvgIpc) is 3.08. The SMILES string of the molecule is CN(Cc1ccc2c(c1)OCO2)C(=O)c1cc2ccccc2oc1=O. The molecular formula is C19H15NO5. The van der Waals surface area contributed by atoms with Gasteiger partial charge in [-0.3, -0.25) is 4.79 Å². The predicted molar refractivity (Wildman–Crippen MR) is 90.8 cm³/mol. The molecule has 0 radical (unpaired) electrons. The summed E-state index contributed by atoms with van der Waals surface area (Å²) >= 11 is 0. The highest BCUT2D eigenvalue weighted by Gasteiger charge is 2.19. The van der Waals surface area contributed by atoms with Crippen molar-refractivity contribution in [1.29, 1.82) is 0 Å². The van der Waals surface area contributed by atoms with Crippen molar-refractivity contribution in [3.63, 3.8) is 0 Å². The summed E-state index contributed by atoms with van der Waals surface area (Å²) in [7, 11) is 1.64. The Morgan fingerprint density at radius 1 is 1.08 bits per heavy atom. The first-order valence-corrected chi connectivity index (χ1v) is 7.79. The third-order valence-electron chi connectivity index (χ3n) is 4.08. The second-order valence-electron chi connectivity index (χ2n) is 5.83. The van der Waals surface area contributed by atoms with E-state index in [4.69, 9.17) is 13.9 Å². The van der Waals surface area contributed by atoms with Gasteiger partial charge in [-0.1, -0.05) is 24.3 Å². The molecule has 25 heavy (non-hydrogen) atoms. The molecule has 0 spiro atoms. The molecule has 4 rings (SSSR count). The summed E-state index contributed by atoms with van der Waals surface area (Å²) in [5, 5.41) is 0.710. The molecule has 0 aliphatic carbocycles. The van der Waals surface area contributed by atoms with E-state index in [1.807, 2.05) is 18.2 Å². The average molecular weight is 337 g/mol. The monoisotopic (exact) mass is 337 g/mol. The molecule has 0 fully saturated rings. The van der Waals surface area contributed by atoms with Crippen LogP contribution in [-0.4, -0.2) is 24.6 Å². The van der Waals surface area contributed by atoms with E-state index in [1.54, 1.807) is 37.4 Å². The summed E-state index contributed by atoms with van der Waals surface area (Å²) in [5.41, 5.74) is 0.718. The van der Waals surface area contributed by atoms with E-state index in [-0.39, 0.29) is 12.4 Å². The molecule has 1 aromatic heterocycles. The van der Waals surface area contributed by atoms with Crippen LogP contribution < -0.4 is 15.1 Å². The minimum Gasteiger partial charge on any atom is -0.454 e. The maximum Gasteiger partial charge on any atom is 0.349 e. The van der Waals surface area contributed by atoms with E-state index in [1.165, 1.54) is 4.90 Å². The van der Waals surface area contributed by atoms with Gasteiger partial charge in [-0.05, 0) is 29.8 Å². The number of amides is 1. The van der Waals surface area contributed by atoms with Gasteiger partial charge in [0.15, 0.2) is 11.5 Å². The number of hydrogen-bond donors (Lipinski definition) is 0. The van der Waals surface area contributed by atoms with E-state index in [9.17, 15) is 9.59 Å².